The van der Waals surface area contributed by atoms with Gasteiger partial charge >= 0.3 is 17.6 Å². The third-order valence-corrected chi connectivity index (χ3v) is 7.99. The molecule has 0 atom stereocenters. The molecule has 13 nitrogen and oxygen atoms in total. The Labute approximate surface area is 258 Å². The highest BCUT2D eigenvalue weighted by molar-refractivity contribution is 7.80. The summed E-state index contributed by atoms with van der Waals surface area (Å²) in [6, 6.07) is 12.5. The lowest BCUT2D eigenvalue weighted by atomic mass is 10.1. The van der Waals surface area contributed by atoms with Gasteiger partial charge in [-0.1, -0.05) is 29.8 Å². The first-order valence-corrected chi connectivity index (χ1v) is 14.3. The molecule has 0 amide bonds. The van der Waals surface area contributed by atoms with Crippen LogP contribution < -0.4 is 21.5 Å². The normalized spacial score (nSPS) is 13.2. The first-order valence-electron chi connectivity index (χ1n) is 13.9. The van der Waals surface area contributed by atoms with Crippen molar-refractivity contribution in [3.05, 3.63) is 85.6 Å². The molecule has 0 bridgehead atoms. The van der Waals surface area contributed by atoms with Crippen molar-refractivity contribution in [2.45, 2.75) is 13.5 Å². The summed E-state index contributed by atoms with van der Waals surface area (Å²) < 4.78 is 14.0. The molecule has 1 saturated heterocycles. The number of anilines is 2. The van der Waals surface area contributed by atoms with Crippen molar-refractivity contribution in [2.75, 3.05) is 50.6 Å². The molecule has 0 saturated carbocycles. The Bertz CT molecular complexity index is 1870. The molecule has 0 spiro atoms. The van der Waals surface area contributed by atoms with Crippen LogP contribution in [0.25, 0.3) is 11.2 Å². The second kappa shape index (κ2) is 12.3. The quantitative estimate of drug-likeness (QED) is 0.251. The number of carbonyl (C=O) groups is 2. The molecule has 5 rings (SSSR count). The first-order chi connectivity index (χ1) is 21.0. The average Bonchev–Trinajstić information content (AvgIpc) is 3.40. The minimum Gasteiger partial charge on any atom is -0.465 e. The SMILES string of the molecule is COC(=O)c1cc(NC(=S)N2CCN(c3nc4c(c(=O)n(C)c(=O)n4C)n3Cc3cccc(C)c3)CC2)cc(C(=O)OC)c1. The number of methoxy groups -OCH3 is 2. The number of carbonyl (C=O) groups excluding carboxylic acids is 2. The van der Waals surface area contributed by atoms with Crippen molar-refractivity contribution in [1.82, 2.24) is 23.6 Å². The number of fused-ring (bicyclic) bond motifs is 1. The van der Waals surface area contributed by atoms with E-state index in [2.05, 4.69) is 16.3 Å². The Hall–Kier alpha value is -4.98. The number of thiocarbonyl (C=S) groups is 1. The van der Waals surface area contributed by atoms with Gasteiger partial charge < -0.3 is 24.6 Å². The number of benzene rings is 2. The summed E-state index contributed by atoms with van der Waals surface area (Å²) in [4.78, 5) is 59.3. The van der Waals surface area contributed by atoms with Gasteiger partial charge in [-0.05, 0) is 42.9 Å². The highest BCUT2D eigenvalue weighted by atomic mass is 32.1. The lowest BCUT2D eigenvalue weighted by Crippen LogP contribution is -2.50. The summed E-state index contributed by atoms with van der Waals surface area (Å²) in [6.45, 7) is 4.52. The van der Waals surface area contributed by atoms with Crippen molar-refractivity contribution < 1.29 is 19.1 Å². The number of esters is 2. The Kier molecular flexibility index (Phi) is 8.54. The van der Waals surface area contributed by atoms with E-state index < -0.39 is 23.2 Å². The predicted molar refractivity (Wildman–Crippen MR) is 170 cm³/mol. The Balaban J connectivity index is 1.41. The second-order valence-electron chi connectivity index (χ2n) is 10.6. The molecule has 2 aromatic heterocycles. The molecule has 1 aliphatic heterocycles. The van der Waals surface area contributed by atoms with Crippen LogP contribution in [0.2, 0.25) is 0 Å². The zero-order valence-corrected chi connectivity index (χ0v) is 25.9. The van der Waals surface area contributed by atoms with Gasteiger partial charge in [0.05, 0.1) is 31.9 Å². The molecule has 1 fully saturated rings. The highest BCUT2D eigenvalue weighted by Gasteiger charge is 2.27. The molecule has 0 radical (unpaired) electrons. The molecule has 0 unspecified atom stereocenters. The molecular weight excluding hydrogens is 586 g/mol. The molecule has 0 aliphatic carbocycles. The van der Waals surface area contributed by atoms with E-state index in [1.165, 1.54) is 31.9 Å². The fourth-order valence-corrected chi connectivity index (χ4v) is 5.60. The number of nitrogens with one attached hydrogen (secondary N) is 1. The van der Waals surface area contributed by atoms with E-state index >= 15 is 0 Å². The highest BCUT2D eigenvalue weighted by Crippen LogP contribution is 2.24. The summed E-state index contributed by atoms with van der Waals surface area (Å²) in [7, 11) is 5.60. The maximum atomic E-state index is 13.3. The maximum absolute atomic E-state index is 13.3. The molecular formula is C30H33N7O6S. The lowest BCUT2D eigenvalue weighted by Gasteiger charge is -2.36. The Morgan fingerprint density at radius 2 is 1.57 bits per heavy atom. The fraction of sp³-hybridized carbons (Fsp3) is 0.333. The number of hydrogen-bond donors (Lipinski definition) is 1. The van der Waals surface area contributed by atoms with Crippen LogP contribution in [0.15, 0.2) is 52.1 Å². The molecule has 1 aliphatic rings. The van der Waals surface area contributed by atoms with Crippen LogP contribution in [0.1, 0.15) is 31.8 Å². The number of rotatable bonds is 6. The number of ether oxygens (including phenoxy) is 2. The van der Waals surface area contributed by atoms with E-state index in [0.29, 0.717) is 60.6 Å². The molecule has 14 heteroatoms. The van der Waals surface area contributed by atoms with Gasteiger partial charge in [0.2, 0.25) is 5.95 Å². The van der Waals surface area contributed by atoms with Crippen molar-refractivity contribution >= 4 is 52.1 Å². The van der Waals surface area contributed by atoms with Crippen molar-refractivity contribution in [3.8, 4) is 0 Å². The van der Waals surface area contributed by atoms with Crippen LogP contribution in [-0.2, 0) is 30.1 Å². The van der Waals surface area contributed by atoms with Crippen LogP contribution >= 0.6 is 12.2 Å². The average molecular weight is 620 g/mol. The topological polar surface area (TPSA) is 133 Å². The van der Waals surface area contributed by atoms with E-state index in [0.717, 1.165) is 15.7 Å². The van der Waals surface area contributed by atoms with Crippen LogP contribution in [0.3, 0.4) is 0 Å². The number of hydrogen-bond acceptors (Lipinski definition) is 9. The van der Waals surface area contributed by atoms with Crippen LogP contribution in [0.4, 0.5) is 11.6 Å². The van der Waals surface area contributed by atoms with E-state index in [9.17, 15) is 19.2 Å². The smallest absolute Gasteiger partial charge is 0.337 e. The van der Waals surface area contributed by atoms with E-state index in [1.807, 2.05) is 34.6 Å². The van der Waals surface area contributed by atoms with Gasteiger partial charge in [0.15, 0.2) is 16.3 Å². The van der Waals surface area contributed by atoms with E-state index in [1.54, 1.807) is 19.2 Å². The van der Waals surface area contributed by atoms with Crippen molar-refractivity contribution in [2.24, 2.45) is 14.1 Å². The minimum absolute atomic E-state index is 0.179. The number of aryl methyl sites for hydroxylation is 2. The molecule has 230 valence electrons. The van der Waals surface area contributed by atoms with Gasteiger partial charge in [-0.25, -0.2) is 14.4 Å². The number of aromatic nitrogens is 4. The monoisotopic (exact) mass is 619 g/mol. The molecule has 3 heterocycles. The van der Waals surface area contributed by atoms with Crippen molar-refractivity contribution in [1.29, 1.82) is 0 Å². The summed E-state index contributed by atoms with van der Waals surface area (Å²) in [5.74, 6) is -0.606. The maximum Gasteiger partial charge on any atom is 0.337 e. The van der Waals surface area contributed by atoms with Crippen molar-refractivity contribution in [3.63, 3.8) is 0 Å². The largest absolute Gasteiger partial charge is 0.465 e. The summed E-state index contributed by atoms with van der Waals surface area (Å²) in [6.07, 6.45) is 0. The van der Waals surface area contributed by atoms with Gasteiger partial charge in [-0.2, -0.15) is 4.98 Å². The third kappa shape index (κ3) is 5.80. The second-order valence-corrected chi connectivity index (χ2v) is 10.9. The molecule has 4 aromatic rings. The summed E-state index contributed by atoms with van der Waals surface area (Å²) in [5.41, 5.74) is 2.74. The summed E-state index contributed by atoms with van der Waals surface area (Å²) >= 11 is 5.69. The van der Waals surface area contributed by atoms with Gasteiger partial charge in [-0.3, -0.25) is 18.5 Å². The Morgan fingerprint density at radius 3 is 2.16 bits per heavy atom. The van der Waals surface area contributed by atoms with Gasteiger partial charge in [0, 0.05) is 46.0 Å². The zero-order chi connectivity index (χ0) is 31.7. The first kappa shape index (κ1) is 30.5. The minimum atomic E-state index is -0.598. The van der Waals surface area contributed by atoms with E-state index in [4.69, 9.17) is 26.7 Å². The number of nitrogens with zero attached hydrogens (tertiary/aromatic N) is 6. The Morgan fingerprint density at radius 1 is 0.932 bits per heavy atom. The summed E-state index contributed by atoms with van der Waals surface area (Å²) in [5, 5.41) is 3.53. The number of imidazole rings is 1. The van der Waals surface area contributed by atoms with Gasteiger partial charge in [0.1, 0.15) is 0 Å². The molecule has 44 heavy (non-hydrogen) atoms. The van der Waals surface area contributed by atoms with E-state index in [-0.39, 0.29) is 11.1 Å². The van der Waals surface area contributed by atoms with Crippen LogP contribution in [-0.4, -0.2) is 81.0 Å². The van der Waals surface area contributed by atoms with Gasteiger partial charge in [-0.15, -0.1) is 0 Å². The fourth-order valence-electron chi connectivity index (χ4n) is 5.30. The van der Waals surface area contributed by atoms with Crippen LogP contribution in [0, 0.1) is 6.92 Å². The lowest BCUT2D eigenvalue weighted by molar-refractivity contribution is 0.0599. The molecule has 1 N–H and O–H groups in total. The van der Waals surface area contributed by atoms with Gasteiger partial charge in [0.25, 0.3) is 5.56 Å². The zero-order valence-electron chi connectivity index (χ0n) is 25.1. The number of piperazine rings is 1. The predicted octanol–water partition coefficient (Wildman–Crippen LogP) is 1.88. The van der Waals surface area contributed by atoms with Crippen LogP contribution in [0.5, 0.6) is 0 Å². The molecule has 2 aromatic carbocycles. The third-order valence-electron chi connectivity index (χ3n) is 7.63. The standard InChI is InChI=1S/C30H33N7O6S/c1-18-7-6-8-19(13-18)17-37-23-24(33(2)30(41)34(3)25(23)38)32-28(37)35-9-11-36(12-10-35)29(44)31-22-15-20(26(39)42-4)14-21(16-22)27(40)43-5/h6-8,13-16H,9-12,17H2,1-5H3,(H,31,44).